The van der Waals surface area contributed by atoms with Crippen LogP contribution in [0.15, 0.2) is 114 Å². The van der Waals surface area contributed by atoms with Gasteiger partial charge in [0.15, 0.2) is 11.6 Å². The molecule has 91 heavy (non-hydrogen) atoms. The molecular weight excluding hydrogens is 1270 g/mol. The molecule has 0 saturated carbocycles. The Morgan fingerprint density at radius 3 is 1.46 bits per heavy atom. The van der Waals surface area contributed by atoms with E-state index in [1.54, 1.807) is 62.7 Å². The fourth-order valence-corrected chi connectivity index (χ4v) is 10.9. The van der Waals surface area contributed by atoms with Gasteiger partial charge in [0, 0.05) is 86.6 Å². The van der Waals surface area contributed by atoms with E-state index in [0.29, 0.717) is 85.7 Å². The number of amides is 2. The molecule has 2 atom stereocenters. The Labute approximate surface area is 580 Å². The van der Waals surface area contributed by atoms with Crippen LogP contribution in [-0.2, 0) is 59.5 Å². The Morgan fingerprint density at radius 2 is 1.05 bits per heavy atom. The van der Waals surface area contributed by atoms with Gasteiger partial charge in [-0.1, -0.05) is 53.0 Å². The molecule has 2 saturated heterocycles. The first kappa shape index (κ1) is 75.6. The van der Waals surface area contributed by atoms with Crippen molar-refractivity contribution in [3.8, 4) is 11.5 Å². The van der Waals surface area contributed by atoms with Crippen molar-refractivity contribution in [1.29, 1.82) is 0 Å². The van der Waals surface area contributed by atoms with Gasteiger partial charge in [-0.2, -0.15) is 18.0 Å². The number of rotatable bonds is 27. The minimum Gasteiger partial charge on any atom is -1.00 e. The van der Waals surface area contributed by atoms with Gasteiger partial charge >= 0.3 is 51.4 Å². The Balaban J connectivity index is 0.000000328. The molecule has 0 aliphatic carbocycles. The molecule has 0 unspecified atom stereocenters. The van der Waals surface area contributed by atoms with Crippen molar-refractivity contribution in [3.63, 3.8) is 0 Å². The minimum atomic E-state index is -3.81. The van der Waals surface area contributed by atoms with Gasteiger partial charge in [-0.3, -0.25) is 38.2 Å². The Bertz CT molecular complexity index is 3560. The summed E-state index contributed by atoms with van der Waals surface area (Å²) in [6, 6.07) is 25.2. The molecule has 0 N–H and O–H groups in total. The number of aromatic nitrogens is 10. The molecule has 2 amide bonds. The first-order valence-corrected chi connectivity index (χ1v) is 30.9. The molecule has 4 aromatic heterocycles. The zero-order valence-electron chi connectivity index (χ0n) is 51.7. The molecule has 7 aromatic rings. The van der Waals surface area contributed by atoms with Crippen LogP contribution >= 0.6 is 23.2 Å². The molecule has 2 fully saturated rings. The number of carbonyl (C=O) groups is 2. The largest absolute Gasteiger partial charge is 1.00 e. The summed E-state index contributed by atoms with van der Waals surface area (Å²) in [6.45, 7) is 16.7. The molecule has 0 bridgehead atoms. The maximum absolute atomic E-state index is 13.2. The predicted octanol–water partition coefficient (Wildman–Crippen LogP) is 1.28. The first-order valence-electron chi connectivity index (χ1n) is 28.8. The minimum absolute atomic E-state index is 0. The van der Waals surface area contributed by atoms with E-state index in [0.717, 1.165) is 65.4 Å². The predicted molar refractivity (Wildman–Crippen MR) is 331 cm³/mol. The van der Waals surface area contributed by atoms with E-state index in [9.17, 15) is 22.4 Å². The monoisotopic (exact) mass is 1340 g/mol. The average Bonchev–Trinajstić information content (AvgIpc) is 3.33. The summed E-state index contributed by atoms with van der Waals surface area (Å²) < 4.78 is 63.3. The van der Waals surface area contributed by atoms with Gasteiger partial charge in [-0.25, -0.2) is 4.39 Å². The summed E-state index contributed by atoms with van der Waals surface area (Å²) in [5, 5.41) is 25.6. The van der Waals surface area contributed by atoms with Crippen molar-refractivity contribution >= 4 is 57.3 Å². The SMILES string of the molecule is Cc1ccc(S(=O)(=O)OCCOCCOc2ccc(CN3CCN(C(=O)/C=C/c4ccc(Cl)cc4Cn4nnc(C)n4)[C@H](C)C3)nc2)cc1.Cc1nnn(Cc2cc(Cl)ccc2/C=C/C(=O)N2CCN(Cc3ccc(OCCOCC[18F])cn3)C[C@H]2C)n1.F.[18F-].[K+]. The molecule has 0 radical (unpaired) electrons. The summed E-state index contributed by atoms with van der Waals surface area (Å²) in [7, 11) is -3.81. The molecule has 23 nitrogen and oxygen atoms in total. The molecule has 2 aliphatic heterocycles. The van der Waals surface area contributed by atoms with E-state index in [1.165, 1.54) is 21.7 Å². The number of piperazine rings is 2. The number of benzene rings is 3. The van der Waals surface area contributed by atoms with Gasteiger partial charge in [-0.15, -0.1) is 20.4 Å². The van der Waals surface area contributed by atoms with E-state index < -0.39 is 16.8 Å². The van der Waals surface area contributed by atoms with Crippen molar-refractivity contribution in [2.45, 2.75) is 77.8 Å². The fraction of sp³-hybridized carbons (Fsp3) is 0.410. The van der Waals surface area contributed by atoms with Gasteiger partial charge in [-0.05, 0) is 140 Å². The maximum atomic E-state index is 13.2. The number of halogens is 5. The van der Waals surface area contributed by atoms with E-state index in [2.05, 4.69) is 57.5 Å². The summed E-state index contributed by atoms with van der Waals surface area (Å²) >= 11 is 12.4. The van der Waals surface area contributed by atoms with Crippen LogP contribution < -0.4 is 65.6 Å². The second-order valence-corrected chi connectivity index (χ2v) is 23.5. The molecular formula is C61H74Cl2F3KN14O9S. The van der Waals surface area contributed by atoms with E-state index in [-0.39, 0.29) is 123 Å². The third-order valence-electron chi connectivity index (χ3n) is 14.1. The second-order valence-electron chi connectivity index (χ2n) is 21.0. The fourth-order valence-electron chi connectivity index (χ4n) is 9.66. The number of hydrogen-bond acceptors (Lipinski definition) is 19. The zero-order valence-corrected chi connectivity index (χ0v) is 57.1. The topological polar surface area (TPSA) is 240 Å². The number of aryl methyl sites for hydroxylation is 3. The van der Waals surface area contributed by atoms with Crippen molar-refractivity contribution in [2.75, 3.05) is 92.2 Å². The summed E-state index contributed by atoms with van der Waals surface area (Å²) in [6.07, 6.45) is 10.2. The van der Waals surface area contributed by atoms with E-state index in [1.807, 2.05) is 84.3 Å². The maximum Gasteiger partial charge on any atom is 1.00 e. The third kappa shape index (κ3) is 24.4. The van der Waals surface area contributed by atoms with Crippen molar-refractivity contribution in [1.82, 2.24) is 70.0 Å². The molecule has 3 aromatic carbocycles. The molecule has 9 rings (SSSR count). The second kappa shape index (κ2) is 38.2. The van der Waals surface area contributed by atoms with Crippen LogP contribution in [0.5, 0.6) is 11.5 Å². The number of alkyl halides is 1. The van der Waals surface area contributed by atoms with E-state index >= 15 is 0 Å². The van der Waals surface area contributed by atoms with Crippen molar-refractivity contribution < 1.29 is 106 Å². The molecule has 2 aliphatic rings. The number of carbonyl (C=O) groups excluding carboxylic acids is 2. The molecule has 0 spiro atoms. The van der Waals surface area contributed by atoms with Gasteiger partial charge in [0.1, 0.15) is 31.4 Å². The smallest absolute Gasteiger partial charge is 1.00 e. The third-order valence-corrected chi connectivity index (χ3v) is 15.9. The summed E-state index contributed by atoms with van der Waals surface area (Å²) in [5.74, 6) is 2.34. The number of nitrogens with zero attached hydrogens (tertiary/aromatic N) is 14. The Kier molecular flexibility index (Phi) is 31.7. The number of pyridine rings is 2. The van der Waals surface area contributed by atoms with Crippen molar-refractivity contribution in [2.24, 2.45) is 0 Å². The normalized spacial score (nSPS) is 15.3. The summed E-state index contributed by atoms with van der Waals surface area (Å²) in [4.78, 5) is 46.7. The molecule has 30 heteroatoms. The van der Waals surface area contributed by atoms with Gasteiger partial charge in [0.05, 0.1) is 74.8 Å². The Hall–Kier alpha value is -6.12. The number of hydrogen-bond donors (Lipinski definition) is 0. The van der Waals surface area contributed by atoms with E-state index in [4.69, 9.17) is 46.3 Å². The molecule has 6 heterocycles. The van der Waals surface area contributed by atoms with Crippen LogP contribution in [0.3, 0.4) is 0 Å². The average molecular weight is 1340 g/mol. The van der Waals surface area contributed by atoms with Crippen LogP contribution in [0.25, 0.3) is 12.2 Å². The standard InChI is InChI=1S/C34H40ClN7O6S.C27H33ClFN7O3.2FH.K/c1-25-4-11-33(12-5-25)49(44,45)48-19-17-46-16-18-47-32-10-9-31(36-21-32)24-40-14-15-41(26(2)22-40)34(43)13-7-28-6-8-30(35)20-29(28)23-42-38-27(3)37-39-42;1-20-17-34(19-25-6-7-26(16-30-25)39-14-13-38-12-9-29)10-11-35(20)27(37)8-4-22-3-5-24(28)15-23(22)18-36-32-21(2)31-33-36;;;/h4-13,20-21,26H,14-19,22-24H2,1-3H3;3-8,15-16,20H,9-14,17-19H2,1-2H3;2*1H;/q;;;;+1/p-1/b13-7+;8-4+;;;/t26-;20-;;;/m11.../s1/i;29-1;1-1;;. The van der Waals surface area contributed by atoms with Crippen LogP contribution in [0.2, 0.25) is 10.0 Å². The van der Waals surface area contributed by atoms with Crippen LogP contribution in [0.4, 0.5) is 9.09 Å². The van der Waals surface area contributed by atoms with Gasteiger partial charge < -0.3 is 33.5 Å². The Morgan fingerprint density at radius 1 is 0.604 bits per heavy atom. The molecule has 484 valence electrons. The zero-order chi connectivity index (χ0) is 62.4. The first-order chi connectivity index (χ1) is 42.5. The number of tetrazole rings is 2. The summed E-state index contributed by atoms with van der Waals surface area (Å²) in [5.41, 5.74) is 6.32. The van der Waals surface area contributed by atoms with Crippen molar-refractivity contribution in [3.05, 3.63) is 170 Å². The number of ether oxygens (including phenoxy) is 4. The quantitative estimate of drug-likeness (QED) is 0.0305. The van der Waals surface area contributed by atoms with Crippen LogP contribution in [-0.4, -0.2) is 194 Å². The van der Waals surface area contributed by atoms with Gasteiger partial charge in [0.2, 0.25) is 11.8 Å². The van der Waals surface area contributed by atoms with Crippen LogP contribution in [0.1, 0.15) is 64.7 Å². The van der Waals surface area contributed by atoms with Gasteiger partial charge in [0.25, 0.3) is 10.1 Å². The van der Waals surface area contributed by atoms with Crippen LogP contribution in [0, 0.1) is 20.8 Å².